The van der Waals surface area contributed by atoms with E-state index in [1.807, 2.05) is 0 Å². The van der Waals surface area contributed by atoms with E-state index in [0.29, 0.717) is 6.61 Å². The van der Waals surface area contributed by atoms with Gasteiger partial charge in [0.05, 0.1) is 34.3 Å². The predicted octanol–water partition coefficient (Wildman–Crippen LogP) is 5.40. The highest BCUT2D eigenvalue weighted by Gasteiger charge is 2.28. The molecule has 8 heteroatoms. The number of hydrogen-bond acceptors (Lipinski definition) is 8. The summed E-state index contributed by atoms with van der Waals surface area (Å²) in [6.45, 7) is 5.59. The molecule has 7 nitrogen and oxygen atoms in total. The minimum Gasteiger partial charge on any atom is -0.444 e. The van der Waals surface area contributed by atoms with Crippen LogP contribution in [0.5, 0.6) is 0 Å². The van der Waals surface area contributed by atoms with Crippen LogP contribution in [-0.2, 0) is 24.2 Å². The number of aromatic nitrogens is 4. The number of nitrogens with zero attached hydrogens (tertiary/aromatic N) is 4. The van der Waals surface area contributed by atoms with Crippen molar-refractivity contribution in [3.05, 3.63) is 66.1 Å². The van der Waals surface area contributed by atoms with Gasteiger partial charge in [0.25, 0.3) is 0 Å². The zero-order valence-corrected chi connectivity index (χ0v) is 19.3. The van der Waals surface area contributed by atoms with E-state index in [9.17, 15) is 0 Å². The van der Waals surface area contributed by atoms with Crippen molar-refractivity contribution in [3.63, 3.8) is 0 Å². The topological polar surface area (TPSA) is 86.0 Å². The molecule has 6 rings (SSSR count). The quantitative estimate of drug-likeness (QED) is 0.378. The average Bonchev–Trinajstić information content (AvgIpc) is 3.46. The Hall–Kier alpha value is -3.36. The van der Waals surface area contributed by atoms with E-state index in [1.165, 1.54) is 12.0 Å². The monoisotopic (exact) mass is 457 g/mol. The molecule has 33 heavy (non-hydrogen) atoms. The minimum absolute atomic E-state index is 0.177. The highest BCUT2D eigenvalue weighted by molar-refractivity contribution is 7.25. The smallest absolute Gasteiger partial charge is 0.181 e. The van der Waals surface area contributed by atoms with Crippen LogP contribution in [-0.4, -0.2) is 32.1 Å². The highest BCUT2D eigenvalue weighted by Crippen LogP contribution is 2.38. The normalized spacial score (nSPS) is 15.1. The van der Waals surface area contributed by atoms with Gasteiger partial charge in [0.1, 0.15) is 17.0 Å². The third kappa shape index (κ3) is 3.85. The summed E-state index contributed by atoms with van der Waals surface area (Å²) in [5.74, 6) is 1.63. The fourth-order valence-electron chi connectivity index (χ4n) is 4.23. The Morgan fingerprint density at radius 1 is 1.15 bits per heavy atom. The van der Waals surface area contributed by atoms with Crippen LogP contribution in [0.4, 0.5) is 5.82 Å². The number of pyridine rings is 1. The lowest BCUT2D eigenvalue weighted by atomic mass is 9.95. The maximum Gasteiger partial charge on any atom is 0.181 e. The fourth-order valence-corrected chi connectivity index (χ4v) is 5.33. The highest BCUT2D eigenvalue weighted by atomic mass is 32.1. The number of fused-ring (bicyclic) bond motifs is 4. The molecule has 0 unspecified atom stereocenters. The van der Waals surface area contributed by atoms with Gasteiger partial charge in [-0.3, -0.25) is 0 Å². The Labute approximate surface area is 194 Å². The minimum atomic E-state index is -0.177. The Morgan fingerprint density at radius 2 is 2.03 bits per heavy atom. The largest absolute Gasteiger partial charge is 0.444 e. The molecule has 0 saturated carbocycles. The summed E-state index contributed by atoms with van der Waals surface area (Å²) in [4.78, 5) is 19.1. The molecule has 1 aromatic carbocycles. The van der Waals surface area contributed by atoms with Crippen molar-refractivity contribution in [1.29, 1.82) is 0 Å². The number of anilines is 1. The number of benzene rings is 1. The number of oxazole rings is 1. The van der Waals surface area contributed by atoms with Crippen molar-refractivity contribution < 1.29 is 9.15 Å². The fraction of sp³-hybridized carbons (Fsp3) is 0.280. The number of thiophene rings is 1. The molecule has 5 heterocycles. The van der Waals surface area contributed by atoms with Gasteiger partial charge in [0, 0.05) is 29.5 Å². The van der Waals surface area contributed by atoms with Crippen molar-refractivity contribution in [3.8, 4) is 11.3 Å². The summed E-state index contributed by atoms with van der Waals surface area (Å²) in [5.41, 5.74) is 5.32. The van der Waals surface area contributed by atoms with E-state index in [0.717, 1.165) is 68.2 Å². The van der Waals surface area contributed by atoms with E-state index in [4.69, 9.17) is 14.1 Å². The van der Waals surface area contributed by atoms with Crippen molar-refractivity contribution in [2.24, 2.45) is 0 Å². The molecular weight excluding hydrogens is 434 g/mol. The number of nitrogens with one attached hydrogen (secondary N) is 1. The van der Waals surface area contributed by atoms with Crippen molar-refractivity contribution in [1.82, 2.24) is 19.9 Å². The lowest BCUT2D eigenvalue weighted by molar-refractivity contribution is -0.0411. The van der Waals surface area contributed by atoms with Gasteiger partial charge >= 0.3 is 0 Å². The summed E-state index contributed by atoms with van der Waals surface area (Å²) >= 11 is 1.65. The van der Waals surface area contributed by atoms with Crippen LogP contribution in [0.1, 0.15) is 30.7 Å². The third-order valence-electron chi connectivity index (χ3n) is 6.00. The zero-order chi connectivity index (χ0) is 22.4. The lowest BCUT2D eigenvalue weighted by Crippen LogP contribution is -2.32. The van der Waals surface area contributed by atoms with Crippen LogP contribution >= 0.6 is 11.3 Å². The molecule has 166 valence electrons. The van der Waals surface area contributed by atoms with Gasteiger partial charge in [-0.2, -0.15) is 0 Å². The Kier molecular flexibility index (Phi) is 4.85. The third-order valence-corrected chi connectivity index (χ3v) is 7.10. The molecule has 4 aromatic heterocycles. The Balaban J connectivity index is 1.22. The maximum absolute atomic E-state index is 5.99. The summed E-state index contributed by atoms with van der Waals surface area (Å²) < 4.78 is 12.4. The summed E-state index contributed by atoms with van der Waals surface area (Å²) in [7, 11) is 0. The standard InChI is InChI=1S/C25H23N5O2S/c1-25(2)10-19-17(12-32-25)9-18-21-22(33-24(18)30-19)23(29-13-28-21)27-8-7-15-3-5-16(6-4-15)20-11-26-14-31-20/h3-6,9,11,13-14H,7-8,10,12H2,1-2H3,(H,27,28,29). The van der Waals surface area contributed by atoms with Gasteiger partial charge in [0.15, 0.2) is 12.2 Å². The second-order valence-corrected chi connectivity index (χ2v) is 9.91. The van der Waals surface area contributed by atoms with Gasteiger partial charge in [-0.05, 0) is 31.9 Å². The molecule has 0 aliphatic carbocycles. The van der Waals surface area contributed by atoms with Gasteiger partial charge in [-0.1, -0.05) is 24.3 Å². The molecule has 0 amide bonds. The van der Waals surface area contributed by atoms with E-state index in [-0.39, 0.29) is 5.60 Å². The number of rotatable bonds is 5. The number of ether oxygens (including phenoxy) is 1. The van der Waals surface area contributed by atoms with E-state index in [2.05, 4.69) is 64.4 Å². The van der Waals surface area contributed by atoms with Crippen molar-refractivity contribution in [2.75, 3.05) is 11.9 Å². The number of hydrogen-bond donors (Lipinski definition) is 1. The Bertz CT molecular complexity index is 1440. The molecule has 0 saturated heterocycles. The second kappa shape index (κ2) is 7.90. The molecule has 0 spiro atoms. The van der Waals surface area contributed by atoms with Crippen LogP contribution < -0.4 is 5.32 Å². The van der Waals surface area contributed by atoms with Crippen LogP contribution in [0.25, 0.3) is 31.8 Å². The van der Waals surface area contributed by atoms with Crippen molar-refractivity contribution >= 4 is 37.6 Å². The SMILES string of the molecule is CC1(C)Cc2nc3sc4c(NCCc5ccc(-c6cnco6)cc5)ncnc4c3cc2CO1. The van der Waals surface area contributed by atoms with Crippen molar-refractivity contribution in [2.45, 2.75) is 38.9 Å². The van der Waals surface area contributed by atoms with Crippen LogP contribution in [0, 0.1) is 0 Å². The maximum atomic E-state index is 5.99. The summed E-state index contributed by atoms with van der Waals surface area (Å²) in [6.07, 6.45) is 6.50. The molecule has 1 aliphatic heterocycles. The van der Waals surface area contributed by atoms with Gasteiger partial charge in [0.2, 0.25) is 0 Å². The van der Waals surface area contributed by atoms with Gasteiger partial charge < -0.3 is 14.5 Å². The first-order valence-corrected chi connectivity index (χ1v) is 11.8. The second-order valence-electron chi connectivity index (χ2n) is 8.91. The molecule has 1 N–H and O–H groups in total. The summed E-state index contributed by atoms with van der Waals surface area (Å²) in [6, 6.07) is 10.5. The average molecular weight is 458 g/mol. The van der Waals surface area contributed by atoms with Gasteiger partial charge in [-0.15, -0.1) is 11.3 Å². The lowest BCUT2D eigenvalue weighted by Gasteiger charge is -2.30. The first-order valence-electron chi connectivity index (χ1n) is 11.0. The molecule has 1 aliphatic rings. The van der Waals surface area contributed by atoms with Crippen LogP contribution in [0.3, 0.4) is 0 Å². The van der Waals surface area contributed by atoms with Crippen LogP contribution in [0.15, 0.2) is 53.7 Å². The zero-order valence-electron chi connectivity index (χ0n) is 18.5. The first kappa shape index (κ1) is 20.3. The summed E-state index contributed by atoms with van der Waals surface area (Å²) in [5, 5.41) is 4.57. The predicted molar refractivity (Wildman–Crippen MR) is 129 cm³/mol. The molecule has 0 fully saturated rings. The molecule has 0 bridgehead atoms. The first-order chi connectivity index (χ1) is 16.1. The van der Waals surface area contributed by atoms with E-state index < -0.39 is 0 Å². The molecule has 0 radical (unpaired) electrons. The molecule has 0 atom stereocenters. The van der Waals surface area contributed by atoms with Gasteiger partial charge in [-0.25, -0.2) is 19.9 Å². The Morgan fingerprint density at radius 3 is 2.85 bits per heavy atom. The molecule has 5 aromatic rings. The molecular formula is C25H23N5O2S. The van der Waals surface area contributed by atoms with Crippen LogP contribution in [0.2, 0.25) is 0 Å². The van der Waals surface area contributed by atoms with E-state index >= 15 is 0 Å². The van der Waals surface area contributed by atoms with E-state index in [1.54, 1.807) is 23.9 Å².